The average Bonchev–Trinajstić information content (AvgIpc) is 1.63. The fraction of sp³-hybridized carbons (Fsp3) is 0.667. The van der Waals surface area contributed by atoms with Crippen molar-refractivity contribution in [2.24, 2.45) is 0 Å². The van der Waals surface area contributed by atoms with Crippen molar-refractivity contribution in [3.05, 3.63) is 0 Å². The zero-order valence-electron chi connectivity index (χ0n) is 5.35. The summed E-state index contributed by atoms with van der Waals surface area (Å²) >= 11 is 0. The van der Waals surface area contributed by atoms with Crippen LogP contribution in [0.3, 0.4) is 0 Å². The largest absolute Gasteiger partial charge is 0.362 e. The van der Waals surface area contributed by atoms with Gasteiger partial charge in [-0.1, -0.05) is 6.92 Å². The number of carbonyl (C=O) groups excluding carboxylic acids is 2. The molecule has 0 spiro atoms. The molecule has 0 aliphatic rings. The third kappa shape index (κ3) is 5.00. The Morgan fingerprint density at radius 2 is 1.89 bits per heavy atom. The molecular weight excluding hydrogens is 120 g/mol. The van der Waals surface area contributed by atoms with E-state index in [1.54, 1.807) is 0 Å². The average molecular weight is 129 g/mol. The van der Waals surface area contributed by atoms with Gasteiger partial charge in [-0.3, -0.25) is 4.79 Å². The van der Waals surface area contributed by atoms with Gasteiger partial charge in [0.2, 0.25) is 0 Å². The quantitative estimate of drug-likeness (QED) is 0.524. The Kier molecular flexibility index (Phi) is 3.67. The van der Waals surface area contributed by atoms with Crippen LogP contribution in [0.25, 0.3) is 0 Å². The highest BCUT2D eigenvalue weighted by Crippen LogP contribution is 1.93. The molecular formula is C6H9O3. The zero-order chi connectivity index (χ0) is 7.28. The predicted octanol–water partition coefficient (Wildman–Crippen LogP) is 0.703. The van der Waals surface area contributed by atoms with E-state index in [9.17, 15) is 14.7 Å². The molecule has 0 N–H and O–H groups in total. The van der Waals surface area contributed by atoms with Crippen LogP contribution in [0.1, 0.15) is 26.2 Å². The Balaban J connectivity index is 3.39. The number of hydrogen-bond donors (Lipinski definition) is 0. The first-order chi connectivity index (χ1) is 4.16. The third-order valence-electron chi connectivity index (χ3n) is 0.870. The molecule has 9 heavy (non-hydrogen) atoms. The van der Waals surface area contributed by atoms with Gasteiger partial charge in [-0.05, 0) is 6.42 Å². The molecule has 0 saturated heterocycles. The molecule has 0 heterocycles. The van der Waals surface area contributed by atoms with Crippen molar-refractivity contribution < 1.29 is 14.7 Å². The summed E-state index contributed by atoms with van der Waals surface area (Å²) in [4.78, 5) is 20.2. The van der Waals surface area contributed by atoms with Crippen LogP contribution in [-0.2, 0) is 14.7 Å². The topological polar surface area (TPSA) is 54.0 Å². The van der Waals surface area contributed by atoms with Gasteiger partial charge >= 0.3 is 5.97 Å². The molecule has 3 heteroatoms. The minimum absolute atomic E-state index is 0.252. The minimum Gasteiger partial charge on any atom is -0.299 e. The lowest BCUT2D eigenvalue weighted by molar-refractivity contribution is -0.145. The molecule has 51 valence electrons. The number of rotatable bonds is 4. The standard InChI is InChI=1S/C6H9O3/c1-2-3-5(7)4-6(8)9/h2-4H2,1H3. The van der Waals surface area contributed by atoms with Crippen LogP contribution < -0.4 is 0 Å². The Morgan fingerprint density at radius 1 is 1.33 bits per heavy atom. The summed E-state index contributed by atoms with van der Waals surface area (Å²) in [5.41, 5.74) is 0. The highest BCUT2D eigenvalue weighted by molar-refractivity contribution is 5.94. The lowest BCUT2D eigenvalue weighted by atomic mass is 10.2. The van der Waals surface area contributed by atoms with Crippen molar-refractivity contribution in [1.82, 2.24) is 0 Å². The van der Waals surface area contributed by atoms with E-state index < -0.39 is 12.4 Å². The molecule has 0 bridgehead atoms. The summed E-state index contributed by atoms with van der Waals surface area (Å²) in [5.74, 6) is -1.54. The number of carbonyl (C=O) groups is 2. The van der Waals surface area contributed by atoms with E-state index in [1.807, 2.05) is 6.92 Å². The maximum Gasteiger partial charge on any atom is 0.362 e. The van der Waals surface area contributed by atoms with Crippen LogP contribution in [0.15, 0.2) is 0 Å². The van der Waals surface area contributed by atoms with E-state index in [0.29, 0.717) is 12.8 Å². The van der Waals surface area contributed by atoms with E-state index in [1.165, 1.54) is 0 Å². The maximum absolute atomic E-state index is 10.4. The normalized spacial score (nSPS) is 9.00. The van der Waals surface area contributed by atoms with Crippen LogP contribution in [-0.4, -0.2) is 11.8 Å². The van der Waals surface area contributed by atoms with Gasteiger partial charge in [0.05, 0.1) is 0 Å². The van der Waals surface area contributed by atoms with Gasteiger partial charge in [0.25, 0.3) is 0 Å². The van der Waals surface area contributed by atoms with Gasteiger partial charge in [-0.25, -0.2) is 9.90 Å². The summed E-state index contributed by atoms with van der Waals surface area (Å²) < 4.78 is 0. The van der Waals surface area contributed by atoms with Gasteiger partial charge in [0.1, 0.15) is 12.2 Å². The van der Waals surface area contributed by atoms with Crippen LogP contribution in [0.4, 0.5) is 0 Å². The van der Waals surface area contributed by atoms with Gasteiger partial charge in [-0.15, -0.1) is 0 Å². The molecule has 0 aromatic rings. The van der Waals surface area contributed by atoms with Crippen molar-refractivity contribution in [1.29, 1.82) is 0 Å². The number of hydrogen-bond acceptors (Lipinski definition) is 2. The fourth-order valence-electron chi connectivity index (χ4n) is 0.528. The second kappa shape index (κ2) is 4.06. The molecule has 0 atom stereocenters. The number of Topliss-reactive ketones (excluding diaryl/α,β-unsaturated/α-hetero) is 1. The molecule has 0 aromatic heterocycles. The lowest BCUT2D eigenvalue weighted by Crippen LogP contribution is -2.04. The van der Waals surface area contributed by atoms with Crippen LogP contribution >= 0.6 is 0 Å². The maximum atomic E-state index is 10.4. The first-order valence-corrected chi connectivity index (χ1v) is 2.88. The Labute approximate surface area is 53.7 Å². The van der Waals surface area contributed by atoms with E-state index in [-0.39, 0.29) is 5.78 Å². The fourth-order valence-corrected chi connectivity index (χ4v) is 0.528. The first-order valence-electron chi connectivity index (χ1n) is 2.88. The Bertz CT molecular complexity index is 117. The second-order valence-electron chi connectivity index (χ2n) is 1.84. The van der Waals surface area contributed by atoms with Crippen molar-refractivity contribution in [2.75, 3.05) is 0 Å². The number of ketones is 1. The van der Waals surface area contributed by atoms with E-state index in [4.69, 9.17) is 0 Å². The first kappa shape index (κ1) is 8.14. The van der Waals surface area contributed by atoms with Gasteiger partial charge in [0.15, 0.2) is 0 Å². The van der Waals surface area contributed by atoms with Crippen molar-refractivity contribution in [3.8, 4) is 0 Å². The van der Waals surface area contributed by atoms with Crippen LogP contribution in [0.2, 0.25) is 0 Å². The summed E-state index contributed by atoms with van der Waals surface area (Å²) in [6, 6.07) is 0. The SMILES string of the molecule is CCCC(=O)CC([O])=O. The Hall–Kier alpha value is -0.860. The molecule has 1 radical (unpaired) electrons. The van der Waals surface area contributed by atoms with Gasteiger partial charge < -0.3 is 0 Å². The molecule has 0 saturated carbocycles. The van der Waals surface area contributed by atoms with E-state index in [0.717, 1.165) is 0 Å². The molecule has 0 amide bonds. The van der Waals surface area contributed by atoms with E-state index in [2.05, 4.69) is 0 Å². The molecule has 0 aliphatic heterocycles. The van der Waals surface area contributed by atoms with Crippen LogP contribution in [0.5, 0.6) is 0 Å². The molecule has 0 aromatic carbocycles. The molecule has 0 rings (SSSR count). The minimum atomic E-state index is -1.28. The Morgan fingerprint density at radius 3 is 2.22 bits per heavy atom. The second-order valence-corrected chi connectivity index (χ2v) is 1.84. The molecule has 3 nitrogen and oxygen atoms in total. The van der Waals surface area contributed by atoms with E-state index >= 15 is 0 Å². The third-order valence-corrected chi connectivity index (χ3v) is 0.870. The summed E-state index contributed by atoms with van der Waals surface area (Å²) in [7, 11) is 0. The molecule has 0 unspecified atom stereocenters. The van der Waals surface area contributed by atoms with Crippen LogP contribution in [0, 0.1) is 0 Å². The van der Waals surface area contributed by atoms with Crippen molar-refractivity contribution >= 4 is 11.8 Å². The zero-order valence-corrected chi connectivity index (χ0v) is 5.35. The summed E-state index contributed by atoms with van der Waals surface area (Å²) in [6.07, 6.45) is 0.605. The van der Waals surface area contributed by atoms with Gasteiger partial charge in [0, 0.05) is 6.42 Å². The van der Waals surface area contributed by atoms with Crippen molar-refractivity contribution in [3.63, 3.8) is 0 Å². The molecule has 0 aliphatic carbocycles. The summed E-state index contributed by atoms with van der Waals surface area (Å²) in [6.45, 7) is 1.83. The van der Waals surface area contributed by atoms with Crippen molar-refractivity contribution in [2.45, 2.75) is 26.2 Å². The monoisotopic (exact) mass is 129 g/mol. The summed E-state index contributed by atoms with van der Waals surface area (Å²) in [5, 5.41) is 9.75. The van der Waals surface area contributed by atoms with Gasteiger partial charge in [-0.2, -0.15) is 0 Å². The highest BCUT2D eigenvalue weighted by atomic mass is 16.4. The predicted molar refractivity (Wildman–Crippen MR) is 30.2 cm³/mol. The smallest absolute Gasteiger partial charge is 0.299 e. The lowest BCUT2D eigenvalue weighted by Gasteiger charge is -1.88. The molecule has 0 fully saturated rings. The highest BCUT2D eigenvalue weighted by Gasteiger charge is 2.06.